The van der Waals surface area contributed by atoms with Crippen molar-refractivity contribution in [2.75, 3.05) is 33.3 Å². The third kappa shape index (κ3) is 6.91. The van der Waals surface area contributed by atoms with E-state index in [1.807, 2.05) is 12.0 Å². The van der Waals surface area contributed by atoms with Crippen molar-refractivity contribution in [3.05, 3.63) is 0 Å². The molecule has 0 unspecified atom stereocenters. The molecule has 3 fully saturated rings. The normalized spacial score (nSPS) is 35.2. The first-order chi connectivity index (χ1) is 14.6. The Hall–Kier alpha value is -0.690. The Kier molecular flexibility index (Phi) is 9.88. The molecule has 0 aromatic heterocycles. The average Bonchev–Trinajstić information content (AvgIpc) is 2.80. The molecule has 0 aromatic carbocycles. The topological polar surface area (TPSA) is 65.6 Å². The first-order valence-electron chi connectivity index (χ1n) is 12.7. The minimum atomic E-state index is 0.252. The molecule has 0 spiro atoms. The maximum absolute atomic E-state index is 12.2. The molecule has 6 nitrogen and oxygen atoms in total. The lowest BCUT2D eigenvalue weighted by Gasteiger charge is -2.40. The van der Waals surface area contributed by atoms with Crippen LogP contribution in [-0.4, -0.2) is 62.5 Å². The molecule has 2 aliphatic carbocycles. The van der Waals surface area contributed by atoms with Crippen LogP contribution in [0.5, 0.6) is 0 Å². The van der Waals surface area contributed by atoms with E-state index in [9.17, 15) is 4.79 Å². The van der Waals surface area contributed by atoms with E-state index in [-0.39, 0.29) is 6.29 Å². The van der Waals surface area contributed by atoms with Gasteiger partial charge in [-0.1, -0.05) is 0 Å². The van der Waals surface area contributed by atoms with Crippen LogP contribution < -0.4 is 16.0 Å². The number of amides is 1. The molecule has 3 aliphatic rings. The molecule has 30 heavy (non-hydrogen) atoms. The lowest BCUT2D eigenvalue weighted by molar-refractivity contribution is -0.131. The van der Waals surface area contributed by atoms with Crippen LogP contribution in [0.4, 0.5) is 0 Å². The highest BCUT2D eigenvalue weighted by Crippen LogP contribution is 2.32. The fourth-order valence-corrected chi connectivity index (χ4v) is 5.85. The van der Waals surface area contributed by atoms with E-state index in [2.05, 4.69) is 29.8 Å². The summed E-state index contributed by atoms with van der Waals surface area (Å²) in [4.78, 5) is 14.2. The summed E-state index contributed by atoms with van der Waals surface area (Å²) in [6, 6.07) is 0.596. The smallest absolute Gasteiger partial charge is 0.222 e. The van der Waals surface area contributed by atoms with Crippen LogP contribution in [0.1, 0.15) is 78.1 Å². The third-order valence-corrected chi connectivity index (χ3v) is 8.02. The first-order valence-corrected chi connectivity index (χ1v) is 12.7. The third-order valence-electron chi connectivity index (χ3n) is 8.02. The van der Waals surface area contributed by atoms with E-state index in [0.717, 1.165) is 56.8 Å². The number of nitrogens with zero attached hydrogens (tertiary/aromatic N) is 1. The van der Waals surface area contributed by atoms with Gasteiger partial charge in [0.1, 0.15) is 6.29 Å². The number of hydrogen-bond acceptors (Lipinski definition) is 5. The number of carbonyl (C=O) groups is 1. The zero-order valence-electron chi connectivity index (χ0n) is 19.6. The van der Waals surface area contributed by atoms with Gasteiger partial charge in [-0.15, -0.1) is 0 Å². The molecular formula is C24H46N4O2. The first kappa shape index (κ1) is 24.0. The number of carbonyl (C=O) groups excluding carboxylic acids is 1. The predicted molar refractivity (Wildman–Crippen MR) is 122 cm³/mol. The molecule has 3 rings (SSSR count). The van der Waals surface area contributed by atoms with Crippen molar-refractivity contribution in [2.24, 2.45) is 17.8 Å². The zero-order valence-corrected chi connectivity index (χ0v) is 19.6. The van der Waals surface area contributed by atoms with E-state index in [0.29, 0.717) is 18.1 Å². The van der Waals surface area contributed by atoms with E-state index in [1.54, 1.807) is 0 Å². The highest BCUT2D eigenvalue weighted by atomic mass is 16.5. The summed E-state index contributed by atoms with van der Waals surface area (Å²) in [5.74, 6) is 2.65. The van der Waals surface area contributed by atoms with Crippen molar-refractivity contribution in [1.29, 1.82) is 0 Å². The van der Waals surface area contributed by atoms with Gasteiger partial charge in [-0.2, -0.15) is 0 Å². The maximum atomic E-state index is 12.2. The molecule has 3 N–H and O–H groups in total. The van der Waals surface area contributed by atoms with Crippen molar-refractivity contribution >= 4 is 5.91 Å². The summed E-state index contributed by atoms with van der Waals surface area (Å²) >= 11 is 0. The monoisotopic (exact) mass is 422 g/mol. The zero-order chi connectivity index (χ0) is 21.3. The molecular weight excluding hydrogens is 376 g/mol. The minimum Gasteiger partial charge on any atom is -0.381 e. The van der Waals surface area contributed by atoms with E-state index in [4.69, 9.17) is 4.74 Å². The van der Waals surface area contributed by atoms with Gasteiger partial charge >= 0.3 is 0 Å². The standard InChI is InChI=1S/C24H46N4O2/c1-4-28(5-2)23(29)15-8-18-6-11-21(12-7-18)27-24-25-16-20(17-26-24)19-9-13-22(30-3)14-10-19/h18-22,24-27H,4-17H2,1-3H3. The van der Waals surface area contributed by atoms with Crippen molar-refractivity contribution in [2.45, 2.75) is 96.5 Å². The second-order valence-electron chi connectivity index (χ2n) is 9.77. The van der Waals surface area contributed by atoms with Gasteiger partial charge in [0.25, 0.3) is 0 Å². The summed E-state index contributed by atoms with van der Waals surface area (Å²) < 4.78 is 5.52. The van der Waals surface area contributed by atoms with Gasteiger partial charge in [0, 0.05) is 45.8 Å². The van der Waals surface area contributed by atoms with E-state index < -0.39 is 0 Å². The number of methoxy groups -OCH3 is 1. The average molecular weight is 423 g/mol. The van der Waals surface area contributed by atoms with Gasteiger partial charge < -0.3 is 9.64 Å². The number of ether oxygens (including phenoxy) is 1. The van der Waals surface area contributed by atoms with Crippen LogP contribution in [0, 0.1) is 17.8 Å². The fourth-order valence-electron chi connectivity index (χ4n) is 5.85. The van der Waals surface area contributed by atoms with Gasteiger partial charge in [0.15, 0.2) is 0 Å². The minimum absolute atomic E-state index is 0.252. The fraction of sp³-hybridized carbons (Fsp3) is 0.958. The molecule has 1 aliphatic heterocycles. The molecule has 0 atom stereocenters. The van der Waals surface area contributed by atoms with Gasteiger partial charge in [-0.25, -0.2) is 0 Å². The van der Waals surface area contributed by atoms with Crippen LogP contribution in [0.25, 0.3) is 0 Å². The van der Waals surface area contributed by atoms with Crippen molar-refractivity contribution in [3.8, 4) is 0 Å². The molecule has 1 saturated heterocycles. The SMILES string of the molecule is CCN(CC)C(=O)CCC1CCC(NC2NCC(C3CCC(OC)CC3)CN2)CC1. The van der Waals surface area contributed by atoms with Gasteiger partial charge in [0.2, 0.25) is 5.91 Å². The van der Waals surface area contributed by atoms with Crippen LogP contribution in [0.15, 0.2) is 0 Å². The Labute approximate surface area is 184 Å². The van der Waals surface area contributed by atoms with Gasteiger partial charge in [0.05, 0.1) is 6.10 Å². The van der Waals surface area contributed by atoms with Crippen LogP contribution in [0.3, 0.4) is 0 Å². The van der Waals surface area contributed by atoms with Gasteiger partial charge in [-0.05, 0) is 89.4 Å². The summed E-state index contributed by atoms with van der Waals surface area (Å²) in [5, 5.41) is 11.2. The summed E-state index contributed by atoms with van der Waals surface area (Å²) in [7, 11) is 1.85. The Bertz CT molecular complexity index is 489. The molecule has 174 valence electrons. The van der Waals surface area contributed by atoms with Crippen LogP contribution in [0.2, 0.25) is 0 Å². The van der Waals surface area contributed by atoms with Gasteiger partial charge in [-0.3, -0.25) is 20.7 Å². The van der Waals surface area contributed by atoms with E-state index >= 15 is 0 Å². The number of nitrogens with one attached hydrogen (secondary N) is 3. The largest absolute Gasteiger partial charge is 0.381 e. The van der Waals surface area contributed by atoms with Crippen LogP contribution >= 0.6 is 0 Å². The lowest BCUT2D eigenvalue weighted by Crippen LogP contribution is -2.63. The highest BCUT2D eigenvalue weighted by Gasteiger charge is 2.31. The van der Waals surface area contributed by atoms with Crippen molar-refractivity contribution in [1.82, 2.24) is 20.9 Å². The molecule has 0 aromatic rings. The summed E-state index contributed by atoms with van der Waals surface area (Å²) in [5.41, 5.74) is 0. The Morgan fingerprint density at radius 1 is 0.933 bits per heavy atom. The quantitative estimate of drug-likeness (QED) is 0.533. The Balaban J connectivity index is 1.28. The predicted octanol–water partition coefficient (Wildman–Crippen LogP) is 3.08. The molecule has 0 radical (unpaired) electrons. The number of hydrogen-bond donors (Lipinski definition) is 3. The molecule has 6 heteroatoms. The second-order valence-corrected chi connectivity index (χ2v) is 9.77. The van der Waals surface area contributed by atoms with Crippen molar-refractivity contribution in [3.63, 3.8) is 0 Å². The Morgan fingerprint density at radius 2 is 1.57 bits per heavy atom. The number of rotatable bonds is 9. The molecule has 1 amide bonds. The molecule has 2 saturated carbocycles. The molecule has 1 heterocycles. The maximum Gasteiger partial charge on any atom is 0.222 e. The van der Waals surface area contributed by atoms with Crippen LogP contribution in [-0.2, 0) is 9.53 Å². The summed E-state index contributed by atoms with van der Waals surface area (Å²) in [6.45, 7) is 8.05. The van der Waals surface area contributed by atoms with E-state index in [1.165, 1.54) is 51.4 Å². The lowest BCUT2D eigenvalue weighted by atomic mass is 9.78. The second kappa shape index (κ2) is 12.4. The summed E-state index contributed by atoms with van der Waals surface area (Å²) in [6.07, 6.45) is 12.6. The van der Waals surface area contributed by atoms with Crippen molar-refractivity contribution < 1.29 is 9.53 Å². The molecule has 0 bridgehead atoms. The highest BCUT2D eigenvalue weighted by molar-refractivity contribution is 5.76. The Morgan fingerprint density at radius 3 is 2.13 bits per heavy atom.